The van der Waals surface area contributed by atoms with Crippen LogP contribution in [0.15, 0.2) is 0 Å². The number of hydrogen-bond donors (Lipinski definition) is 1. The summed E-state index contributed by atoms with van der Waals surface area (Å²) >= 11 is 0. The van der Waals surface area contributed by atoms with Crippen molar-refractivity contribution in [2.24, 2.45) is 0 Å². The Morgan fingerprint density at radius 3 is 2.33 bits per heavy atom. The average molecular weight is 263 g/mol. The Morgan fingerprint density at radius 2 is 1.78 bits per heavy atom. The predicted molar refractivity (Wildman–Crippen MR) is 71.9 cm³/mol. The monoisotopic (exact) mass is 263 g/mol. The Morgan fingerprint density at radius 1 is 1.11 bits per heavy atom. The van der Waals surface area contributed by atoms with Crippen molar-refractivity contribution in [2.75, 3.05) is 47.1 Å². The summed E-state index contributed by atoms with van der Waals surface area (Å²) in [5, 5.41) is 9.80. The quantitative estimate of drug-likeness (QED) is 0.596. The fourth-order valence-corrected chi connectivity index (χ4v) is 1.51. The number of rotatable bonds is 11. The van der Waals surface area contributed by atoms with Gasteiger partial charge in [-0.25, -0.2) is 0 Å². The first-order chi connectivity index (χ1) is 8.45. The summed E-state index contributed by atoms with van der Waals surface area (Å²) in [6, 6.07) is 0. The van der Waals surface area contributed by atoms with E-state index in [0.717, 1.165) is 6.54 Å². The van der Waals surface area contributed by atoms with E-state index in [-0.39, 0.29) is 12.2 Å². The number of aliphatic hydroxyl groups is 1. The fourth-order valence-electron chi connectivity index (χ4n) is 1.51. The lowest BCUT2D eigenvalue weighted by Gasteiger charge is -2.22. The second-order valence-electron chi connectivity index (χ2n) is 4.93. The van der Waals surface area contributed by atoms with Gasteiger partial charge in [0.25, 0.3) is 0 Å². The van der Waals surface area contributed by atoms with E-state index in [1.165, 1.54) is 0 Å². The summed E-state index contributed by atoms with van der Waals surface area (Å²) in [6.45, 7) is 8.91. The Hall–Kier alpha value is -0.200. The minimum absolute atomic E-state index is 0.0132. The normalized spacial score (nSPS) is 15.3. The van der Waals surface area contributed by atoms with Crippen molar-refractivity contribution in [3.8, 4) is 0 Å². The van der Waals surface area contributed by atoms with Gasteiger partial charge in [0.2, 0.25) is 0 Å². The van der Waals surface area contributed by atoms with E-state index in [4.69, 9.17) is 14.2 Å². The van der Waals surface area contributed by atoms with Crippen LogP contribution in [0.1, 0.15) is 20.8 Å². The third-order valence-electron chi connectivity index (χ3n) is 2.42. The van der Waals surface area contributed by atoms with Gasteiger partial charge in [-0.1, -0.05) is 0 Å². The molecule has 0 aliphatic heterocycles. The van der Waals surface area contributed by atoms with Gasteiger partial charge in [-0.3, -0.25) is 0 Å². The number of methoxy groups -OCH3 is 1. The van der Waals surface area contributed by atoms with Crippen molar-refractivity contribution in [1.29, 1.82) is 0 Å². The van der Waals surface area contributed by atoms with Crippen molar-refractivity contribution in [1.82, 2.24) is 4.90 Å². The highest BCUT2D eigenvalue weighted by atomic mass is 16.5. The largest absolute Gasteiger partial charge is 0.389 e. The highest BCUT2D eigenvalue weighted by Gasteiger charge is 2.10. The van der Waals surface area contributed by atoms with E-state index in [1.54, 1.807) is 7.11 Å². The molecule has 0 spiro atoms. The van der Waals surface area contributed by atoms with E-state index in [0.29, 0.717) is 26.4 Å². The third kappa shape index (κ3) is 10.9. The van der Waals surface area contributed by atoms with Gasteiger partial charge < -0.3 is 24.2 Å². The molecule has 110 valence electrons. The SMILES string of the molecule is COCC(C)OCC(O)CN(C)CCOC(C)C. The fraction of sp³-hybridized carbons (Fsp3) is 1.00. The van der Waals surface area contributed by atoms with Crippen molar-refractivity contribution < 1.29 is 19.3 Å². The van der Waals surface area contributed by atoms with Gasteiger partial charge in [0.05, 0.1) is 38.1 Å². The molecule has 0 saturated heterocycles. The zero-order chi connectivity index (χ0) is 14.0. The summed E-state index contributed by atoms with van der Waals surface area (Å²) in [4.78, 5) is 2.04. The van der Waals surface area contributed by atoms with E-state index in [9.17, 15) is 5.11 Å². The first kappa shape index (κ1) is 17.8. The molecule has 0 aliphatic rings. The Balaban J connectivity index is 3.57. The van der Waals surface area contributed by atoms with Crippen molar-refractivity contribution in [2.45, 2.75) is 39.1 Å². The first-order valence-corrected chi connectivity index (χ1v) is 6.54. The summed E-state index contributed by atoms with van der Waals surface area (Å²) in [7, 11) is 3.60. The Labute approximate surface area is 111 Å². The summed E-state index contributed by atoms with van der Waals surface area (Å²) < 4.78 is 15.9. The highest BCUT2D eigenvalue weighted by Crippen LogP contribution is 1.97. The van der Waals surface area contributed by atoms with E-state index in [1.807, 2.05) is 32.7 Å². The van der Waals surface area contributed by atoms with E-state index < -0.39 is 6.10 Å². The van der Waals surface area contributed by atoms with Crippen molar-refractivity contribution in [3.05, 3.63) is 0 Å². The third-order valence-corrected chi connectivity index (χ3v) is 2.42. The molecule has 0 saturated carbocycles. The van der Waals surface area contributed by atoms with Crippen LogP contribution in [0.4, 0.5) is 0 Å². The molecule has 0 aromatic heterocycles. The maximum atomic E-state index is 9.80. The van der Waals surface area contributed by atoms with Crippen LogP contribution in [0.5, 0.6) is 0 Å². The van der Waals surface area contributed by atoms with Gasteiger partial charge in [0.1, 0.15) is 0 Å². The average Bonchev–Trinajstić information content (AvgIpc) is 2.26. The molecule has 5 heteroatoms. The van der Waals surface area contributed by atoms with Gasteiger partial charge in [-0.05, 0) is 27.8 Å². The van der Waals surface area contributed by atoms with Crippen LogP contribution in [0.3, 0.4) is 0 Å². The molecule has 0 bridgehead atoms. The standard InChI is InChI=1S/C13H29NO4/c1-11(2)17-7-6-14(4)8-13(15)10-18-12(3)9-16-5/h11-13,15H,6-10H2,1-5H3. The molecule has 0 aromatic rings. The van der Waals surface area contributed by atoms with Crippen molar-refractivity contribution in [3.63, 3.8) is 0 Å². The molecule has 0 heterocycles. The molecule has 0 aromatic carbocycles. The summed E-state index contributed by atoms with van der Waals surface area (Å²) in [5.41, 5.74) is 0. The molecule has 18 heavy (non-hydrogen) atoms. The number of nitrogens with zero attached hydrogens (tertiary/aromatic N) is 1. The van der Waals surface area contributed by atoms with Crippen LogP contribution < -0.4 is 0 Å². The molecule has 2 unspecified atom stereocenters. The molecule has 0 amide bonds. The maximum absolute atomic E-state index is 9.80. The molecule has 0 radical (unpaired) electrons. The Kier molecular flexibility index (Phi) is 10.6. The van der Waals surface area contributed by atoms with Crippen LogP contribution in [-0.2, 0) is 14.2 Å². The topological polar surface area (TPSA) is 51.2 Å². The van der Waals surface area contributed by atoms with Crippen LogP contribution in [0.2, 0.25) is 0 Å². The minimum Gasteiger partial charge on any atom is -0.389 e. The van der Waals surface area contributed by atoms with E-state index in [2.05, 4.69) is 0 Å². The lowest BCUT2D eigenvalue weighted by Crippen LogP contribution is -2.35. The smallest absolute Gasteiger partial charge is 0.0900 e. The minimum atomic E-state index is -0.478. The zero-order valence-electron chi connectivity index (χ0n) is 12.4. The van der Waals surface area contributed by atoms with Gasteiger partial charge in [0.15, 0.2) is 0 Å². The molecule has 1 N–H and O–H groups in total. The number of hydrogen-bond acceptors (Lipinski definition) is 5. The molecular weight excluding hydrogens is 234 g/mol. The number of likely N-dealkylation sites (N-methyl/N-ethyl adjacent to an activating group) is 1. The van der Waals surface area contributed by atoms with Crippen LogP contribution in [-0.4, -0.2) is 75.4 Å². The van der Waals surface area contributed by atoms with E-state index >= 15 is 0 Å². The highest BCUT2D eigenvalue weighted by molar-refractivity contribution is 4.61. The second kappa shape index (κ2) is 10.7. The predicted octanol–water partition coefficient (Wildman–Crippen LogP) is 0.756. The molecule has 0 aliphatic carbocycles. The molecule has 0 rings (SSSR count). The molecule has 2 atom stereocenters. The number of ether oxygens (including phenoxy) is 3. The second-order valence-corrected chi connectivity index (χ2v) is 4.93. The van der Waals surface area contributed by atoms with Crippen LogP contribution >= 0.6 is 0 Å². The zero-order valence-corrected chi connectivity index (χ0v) is 12.4. The first-order valence-electron chi connectivity index (χ1n) is 6.54. The van der Waals surface area contributed by atoms with Gasteiger partial charge in [-0.15, -0.1) is 0 Å². The van der Waals surface area contributed by atoms with Crippen LogP contribution in [0, 0.1) is 0 Å². The summed E-state index contributed by atoms with van der Waals surface area (Å²) in [6.07, 6.45) is -0.214. The van der Waals surface area contributed by atoms with Crippen LogP contribution in [0.25, 0.3) is 0 Å². The van der Waals surface area contributed by atoms with Gasteiger partial charge in [0, 0.05) is 20.2 Å². The Bertz CT molecular complexity index is 190. The van der Waals surface area contributed by atoms with Gasteiger partial charge in [-0.2, -0.15) is 0 Å². The lowest BCUT2D eigenvalue weighted by molar-refractivity contribution is -0.0399. The van der Waals surface area contributed by atoms with Gasteiger partial charge >= 0.3 is 0 Å². The lowest BCUT2D eigenvalue weighted by atomic mass is 10.3. The summed E-state index contributed by atoms with van der Waals surface area (Å²) in [5.74, 6) is 0. The maximum Gasteiger partial charge on any atom is 0.0900 e. The molecule has 0 fully saturated rings. The number of aliphatic hydroxyl groups excluding tert-OH is 1. The molecular formula is C13H29NO4. The molecule has 5 nitrogen and oxygen atoms in total. The van der Waals surface area contributed by atoms with Crippen molar-refractivity contribution >= 4 is 0 Å².